The van der Waals surface area contributed by atoms with Crippen LogP contribution in [0.15, 0.2) is 42.0 Å². The summed E-state index contributed by atoms with van der Waals surface area (Å²) in [5.74, 6) is 0. The third-order valence-corrected chi connectivity index (χ3v) is 3.92. The van der Waals surface area contributed by atoms with Gasteiger partial charge in [0.1, 0.15) is 0 Å². The molecule has 0 bridgehead atoms. The number of benzene rings is 1. The van der Waals surface area contributed by atoms with Crippen LogP contribution in [0, 0.1) is 0 Å². The van der Waals surface area contributed by atoms with Gasteiger partial charge in [0.05, 0.1) is 6.10 Å². The number of aliphatic hydroxyl groups is 1. The Balaban J connectivity index is 1.84. The van der Waals surface area contributed by atoms with Gasteiger partial charge in [-0.05, 0) is 25.8 Å². The highest BCUT2D eigenvalue weighted by Gasteiger charge is 2.20. The zero-order chi connectivity index (χ0) is 15.1. The monoisotopic (exact) mass is 288 g/mol. The maximum atomic E-state index is 10.2. The SMILES string of the molecule is CC(C)=CCCN1CCN(Cc2ccccc2)C[C@@H](O)C1. The van der Waals surface area contributed by atoms with Gasteiger partial charge in [0, 0.05) is 39.3 Å². The number of nitrogens with zero attached hydrogens (tertiary/aromatic N) is 2. The minimum absolute atomic E-state index is 0.247. The van der Waals surface area contributed by atoms with Crippen molar-refractivity contribution in [1.82, 2.24) is 9.80 Å². The lowest BCUT2D eigenvalue weighted by Gasteiger charge is -2.21. The van der Waals surface area contributed by atoms with Gasteiger partial charge in [0.25, 0.3) is 0 Å². The molecule has 2 rings (SSSR count). The Morgan fingerprint density at radius 2 is 1.81 bits per heavy atom. The number of β-amino-alcohol motifs (C(OH)–C–C–N with tert-alkyl or cyclic N) is 1. The van der Waals surface area contributed by atoms with Crippen molar-refractivity contribution in [3.63, 3.8) is 0 Å². The highest BCUT2D eigenvalue weighted by molar-refractivity contribution is 5.14. The molecule has 0 radical (unpaired) electrons. The molecule has 0 aliphatic carbocycles. The summed E-state index contributed by atoms with van der Waals surface area (Å²) in [5, 5.41) is 10.2. The summed E-state index contributed by atoms with van der Waals surface area (Å²) in [5.41, 5.74) is 2.69. The molecule has 1 heterocycles. The predicted molar refractivity (Wildman–Crippen MR) is 88.2 cm³/mol. The Morgan fingerprint density at radius 1 is 1.14 bits per heavy atom. The first-order valence-corrected chi connectivity index (χ1v) is 7.93. The second-order valence-electron chi connectivity index (χ2n) is 6.25. The standard InChI is InChI=1S/C18H28N2O/c1-16(2)7-6-10-19-11-12-20(15-18(21)14-19)13-17-8-4-3-5-9-17/h3-5,7-9,18,21H,6,10-15H2,1-2H3/t18-/m0/s1. The predicted octanol–water partition coefficient (Wildman–Crippen LogP) is 2.52. The first kappa shape index (κ1) is 16.2. The molecule has 0 unspecified atom stereocenters. The summed E-state index contributed by atoms with van der Waals surface area (Å²) >= 11 is 0. The van der Waals surface area contributed by atoms with Crippen molar-refractivity contribution in [3.8, 4) is 0 Å². The summed E-state index contributed by atoms with van der Waals surface area (Å²) in [7, 11) is 0. The molecule has 0 amide bonds. The summed E-state index contributed by atoms with van der Waals surface area (Å²) in [4.78, 5) is 4.75. The van der Waals surface area contributed by atoms with Crippen molar-refractivity contribution in [2.45, 2.75) is 32.9 Å². The third-order valence-electron chi connectivity index (χ3n) is 3.92. The lowest BCUT2D eigenvalue weighted by atomic mass is 10.2. The summed E-state index contributed by atoms with van der Waals surface area (Å²) in [6, 6.07) is 10.5. The smallest absolute Gasteiger partial charge is 0.0793 e. The van der Waals surface area contributed by atoms with Crippen LogP contribution in [-0.2, 0) is 6.54 Å². The molecule has 3 heteroatoms. The molecule has 3 nitrogen and oxygen atoms in total. The van der Waals surface area contributed by atoms with E-state index in [-0.39, 0.29) is 6.10 Å². The van der Waals surface area contributed by atoms with E-state index in [4.69, 9.17) is 0 Å². The molecular weight excluding hydrogens is 260 g/mol. The Labute approximate surface area is 128 Å². The molecule has 1 saturated heterocycles. The van der Waals surface area contributed by atoms with E-state index in [1.54, 1.807) is 0 Å². The summed E-state index contributed by atoms with van der Waals surface area (Å²) in [6.45, 7) is 9.88. The van der Waals surface area contributed by atoms with Crippen LogP contribution in [0.2, 0.25) is 0 Å². The Bertz CT molecular complexity index is 440. The molecule has 1 fully saturated rings. The summed E-state index contributed by atoms with van der Waals surface area (Å²) in [6.07, 6.45) is 3.11. The highest BCUT2D eigenvalue weighted by Crippen LogP contribution is 2.10. The highest BCUT2D eigenvalue weighted by atomic mass is 16.3. The van der Waals surface area contributed by atoms with Crippen molar-refractivity contribution >= 4 is 0 Å². The van der Waals surface area contributed by atoms with Gasteiger partial charge in [-0.25, -0.2) is 0 Å². The number of allylic oxidation sites excluding steroid dienone is 1. The zero-order valence-corrected chi connectivity index (χ0v) is 13.3. The number of rotatable bonds is 5. The van der Waals surface area contributed by atoms with Gasteiger partial charge in [-0.1, -0.05) is 42.0 Å². The van der Waals surface area contributed by atoms with Crippen LogP contribution in [0.25, 0.3) is 0 Å². The van der Waals surface area contributed by atoms with Crippen LogP contribution in [-0.4, -0.2) is 53.7 Å². The molecule has 1 aliphatic heterocycles. The van der Waals surface area contributed by atoms with Crippen molar-refractivity contribution in [1.29, 1.82) is 0 Å². The molecule has 21 heavy (non-hydrogen) atoms. The molecule has 1 aromatic carbocycles. The largest absolute Gasteiger partial charge is 0.390 e. The van der Waals surface area contributed by atoms with Crippen molar-refractivity contribution < 1.29 is 5.11 Å². The fraction of sp³-hybridized carbons (Fsp3) is 0.556. The third kappa shape index (κ3) is 6.00. The second kappa shape index (κ2) is 8.32. The normalized spacial score (nSPS) is 21.0. The van der Waals surface area contributed by atoms with Crippen LogP contribution in [0.4, 0.5) is 0 Å². The first-order valence-electron chi connectivity index (χ1n) is 7.93. The average Bonchev–Trinajstić information content (AvgIpc) is 2.61. The minimum Gasteiger partial charge on any atom is -0.390 e. The lowest BCUT2D eigenvalue weighted by Crippen LogP contribution is -2.33. The van der Waals surface area contributed by atoms with Crippen LogP contribution in [0.3, 0.4) is 0 Å². The molecule has 0 saturated carbocycles. The van der Waals surface area contributed by atoms with E-state index in [2.05, 4.69) is 54.0 Å². The number of hydrogen-bond donors (Lipinski definition) is 1. The van der Waals surface area contributed by atoms with Crippen molar-refractivity contribution in [2.75, 3.05) is 32.7 Å². The maximum absolute atomic E-state index is 10.2. The van der Waals surface area contributed by atoms with E-state index >= 15 is 0 Å². The van der Waals surface area contributed by atoms with Crippen molar-refractivity contribution in [3.05, 3.63) is 47.5 Å². The van der Waals surface area contributed by atoms with Gasteiger partial charge >= 0.3 is 0 Å². The van der Waals surface area contributed by atoms with E-state index in [1.807, 2.05) is 6.07 Å². The zero-order valence-electron chi connectivity index (χ0n) is 13.3. The van der Waals surface area contributed by atoms with Gasteiger partial charge in [0.15, 0.2) is 0 Å². The molecular formula is C18H28N2O. The van der Waals surface area contributed by atoms with Gasteiger partial charge < -0.3 is 5.11 Å². The lowest BCUT2D eigenvalue weighted by molar-refractivity contribution is 0.108. The average molecular weight is 288 g/mol. The van der Waals surface area contributed by atoms with E-state index in [9.17, 15) is 5.11 Å². The van der Waals surface area contributed by atoms with Crippen LogP contribution in [0.1, 0.15) is 25.8 Å². The molecule has 1 atom stereocenters. The number of aliphatic hydroxyl groups excluding tert-OH is 1. The Hall–Kier alpha value is -1.16. The first-order chi connectivity index (χ1) is 10.1. The fourth-order valence-corrected chi connectivity index (χ4v) is 2.84. The van der Waals surface area contributed by atoms with Gasteiger partial charge in [-0.3, -0.25) is 9.80 Å². The molecule has 1 aliphatic rings. The van der Waals surface area contributed by atoms with Crippen LogP contribution < -0.4 is 0 Å². The van der Waals surface area contributed by atoms with E-state index in [0.717, 1.165) is 45.7 Å². The molecule has 0 aromatic heterocycles. The molecule has 1 aromatic rings. The van der Waals surface area contributed by atoms with Gasteiger partial charge in [-0.2, -0.15) is 0 Å². The molecule has 116 valence electrons. The summed E-state index contributed by atoms with van der Waals surface area (Å²) < 4.78 is 0. The van der Waals surface area contributed by atoms with Gasteiger partial charge in [0.2, 0.25) is 0 Å². The topological polar surface area (TPSA) is 26.7 Å². The Kier molecular flexibility index (Phi) is 6.43. The van der Waals surface area contributed by atoms with E-state index in [0.29, 0.717) is 0 Å². The second-order valence-corrected chi connectivity index (χ2v) is 6.25. The maximum Gasteiger partial charge on any atom is 0.0793 e. The van der Waals surface area contributed by atoms with E-state index in [1.165, 1.54) is 11.1 Å². The van der Waals surface area contributed by atoms with E-state index < -0.39 is 0 Å². The Morgan fingerprint density at radius 3 is 2.52 bits per heavy atom. The molecule has 0 spiro atoms. The molecule has 1 N–H and O–H groups in total. The van der Waals surface area contributed by atoms with Crippen LogP contribution in [0.5, 0.6) is 0 Å². The van der Waals surface area contributed by atoms with Gasteiger partial charge in [-0.15, -0.1) is 0 Å². The van der Waals surface area contributed by atoms with Crippen molar-refractivity contribution in [2.24, 2.45) is 0 Å². The quantitative estimate of drug-likeness (QED) is 0.844. The van der Waals surface area contributed by atoms with Crippen LogP contribution >= 0.6 is 0 Å². The fourth-order valence-electron chi connectivity index (χ4n) is 2.84. The number of hydrogen-bond acceptors (Lipinski definition) is 3. The minimum atomic E-state index is -0.247.